The second kappa shape index (κ2) is 5.94. The van der Waals surface area contributed by atoms with Crippen molar-refractivity contribution < 1.29 is 14.6 Å². The first kappa shape index (κ1) is 14.8. The van der Waals surface area contributed by atoms with Gasteiger partial charge in [-0.3, -0.25) is 0 Å². The topological polar surface area (TPSA) is 51.5 Å². The summed E-state index contributed by atoms with van der Waals surface area (Å²) < 4.78 is 8.16. The summed E-state index contributed by atoms with van der Waals surface area (Å²) in [5.74, 6) is -0.0703. The summed E-state index contributed by atoms with van der Waals surface area (Å²) >= 11 is 3.45. The summed E-state index contributed by atoms with van der Waals surface area (Å²) in [7, 11) is 0. The minimum atomic E-state index is -0.514. The molecule has 0 unspecified atom stereocenters. The Morgan fingerprint density at radius 1 is 1.32 bits per heavy atom. The largest absolute Gasteiger partial charge is 0.421 e. The Morgan fingerprint density at radius 2 is 2.09 bits per heavy atom. The predicted molar refractivity (Wildman–Crippen MR) is 90.1 cm³/mol. The van der Waals surface area contributed by atoms with E-state index in [1.165, 1.54) is 0 Å². The molecule has 112 valence electrons. The zero-order valence-electron chi connectivity index (χ0n) is 11.8. The molecule has 0 aliphatic rings. The fraction of sp³-hybridized carbons (Fsp3) is 0.118. The van der Waals surface area contributed by atoms with E-state index in [2.05, 4.69) is 22.5 Å². The number of para-hydroxylation sites is 1. The fourth-order valence-electron chi connectivity index (χ4n) is 2.68. The van der Waals surface area contributed by atoms with Crippen LogP contribution in [0.2, 0.25) is 0 Å². The number of carbonyl (C=O) groups is 1. The molecule has 2 aromatic carbocycles. The Balaban J connectivity index is 2.40. The van der Waals surface area contributed by atoms with E-state index in [-0.39, 0.29) is 6.61 Å². The minimum Gasteiger partial charge on any atom is -0.421 e. The number of aliphatic hydroxyl groups is 1. The number of nitrogens with zero attached hydrogens (tertiary/aromatic N) is 1. The van der Waals surface area contributed by atoms with Gasteiger partial charge in [0, 0.05) is 33.4 Å². The molecule has 0 radical (unpaired) electrons. The van der Waals surface area contributed by atoms with E-state index in [0.717, 1.165) is 32.4 Å². The summed E-state index contributed by atoms with van der Waals surface area (Å²) in [5, 5.41) is 11.4. The number of rotatable bonds is 4. The van der Waals surface area contributed by atoms with Crippen molar-refractivity contribution in [3.05, 3.63) is 53.5 Å². The number of benzene rings is 2. The van der Waals surface area contributed by atoms with Crippen LogP contribution in [0.25, 0.3) is 21.8 Å². The maximum Gasteiger partial charge on any atom is 0.335 e. The molecule has 0 aliphatic heterocycles. The highest BCUT2D eigenvalue weighted by Crippen LogP contribution is 2.37. The van der Waals surface area contributed by atoms with E-state index in [0.29, 0.717) is 12.3 Å². The first-order chi connectivity index (χ1) is 10.7. The molecule has 0 saturated carbocycles. The van der Waals surface area contributed by atoms with Crippen LogP contribution in [-0.4, -0.2) is 22.2 Å². The third-order valence-electron chi connectivity index (χ3n) is 3.50. The molecule has 22 heavy (non-hydrogen) atoms. The van der Waals surface area contributed by atoms with E-state index >= 15 is 0 Å². The van der Waals surface area contributed by atoms with Crippen molar-refractivity contribution in [2.24, 2.45) is 0 Å². The van der Waals surface area contributed by atoms with E-state index in [4.69, 9.17) is 4.74 Å². The molecule has 3 rings (SSSR count). The molecule has 1 aromatic heterocycles. The van der Waals surface area contributed by atoms with E-state index < -0.39 is 5.97 Å². The van der Waals surface area contributed by atoms with Crippen LogP contribution in [-0.2, 0) is 11.3 Å². The Hall–Kier alpha value is -2.11. The lowest BCUT2D eigenvalue weighted by atomic mass is 10.1. The zero-order chi connectivity index (χ0) is 15.7. The number of halogens is 1. The maximum absolute atomic E-state index is 11.6. The van der Waals surface area contributed by atoms with Crippen molar-refractivity contribution in [2.75, 3.05) is 6.61 Å². The van der Waals surface area contributed by atoms with Crippen molar-refractivity contribution in [2.45, 2.75) is 6.54 Å². The third kappa shape index (κ3) is 2.42. The van der Waals surface area contributed by atoms with Gasteiger partial charge in [0.15, 0.2) is 5.75 Å². The molecule has 1 heterocycles. The molecule has 4 nitrogen and oxygen atoms in total. The van der Waals surface area contributed by atoms with Crippen molar-refractivity contribution in [3.8, 4) is 5.75 Å². The van der Waals surface area contributed by atoms with Gasteiger partial charge < -0.3 is 14.4 Å². The fourth-order valence-corrected chi connectivity index (χ4v) is 3.11. The SMILES string of the molecule is C=CC(=O)Oc1cc(Br)cc2c3ccccc3n(CCO)c12. The molecule has 0 aliphatic carbocycles. The number of hydrogen-bond donors (Lipinski definition) is 1. The van der Waals surface area contributed by atoms with Crippen LogP contribution in [0.3, 0.4) is 0 Å². The van der Waals surface area contributed by atoms with Gasteiger partial charge in [0.1, 0.15) is 0 Å². The Bertz CT molecular complexity index is 882. The molecule has 0 atom stereocenters. The summed E-state index contributed by atoms with van der Waals surface area (Å²) in [4.78, 5) is 11.6. The van der Waals surface area contributed by atoms with Crippen LogP contribution >= 0.6 is 15.9 Å². The van der Waals surface area contributed by atoms with Crippen molar-refractivity contribution >= 4 is 43.7 Å². The highest BCUT2D eigenvalue weighted by Gasteiger charge is 2.16. The van der Waals surface area contributed by atoms with Gasteiger partial charge in [-0.2, -0.15) is 0 Å². The zero-order valence-corrected chi connectivity index (χ0v) is 13.3. The van der Waals surface area contributed by atoms with Gasteiger partial charge >= 0.3 is 5.97 Å². The van der Waals surface area contributed by atoms with Gasteiger partial charge in [-0.25, -0.2) is 4.79 Å². The summed E-state index contributed by atoms with van der Waals surface area (Å²) in [5.41, 5.74) is 1.77. The Kier molecular flexibility index (Phi) is 4.00. The normalized spacial score (nSPS) is 11.0. The number of esters is 1. The van der Waals surface area contributed by atoms with Crippen LogP contribution in [0, 0.1) is 0 Å². The smallest absolute Gasteiger partial charge is 0.335 e. The standard InChI is InChI=1S/C17H14BrNO3/c1-2-16(21)22-15-10-11(18)9-13-12-5-3-4-6-14(12)19(7-8-20)17(13)15/h2-6,9-10,20H,1,7-8H2. The van der Waals surface area contributed by atoms with Gasteiger partial charge in [-0.1, -0.05) is 40.7 Å². The lowest BCUT2D eigenvalue weighted by Gasteiger charge is -2.09. The van der Waals surface area contributed by atoms with Crippen LogP contribution in [0.15, 0.2) is 53.5 Å². The quantitative estimate of drug-likeness (QED) is 0.439. The molecule has 5 heteroatoms. The van der Waals surface area contributed by atoms with Crippen LogP contribution in [0.5, 0.6) is 5.75 Å². The van der Waals surface area contributed by atoms with Crippen molar-refractivity contribution in [1.29, 1.82) is 0 Å². The summed E-state index contributed by atoms with van der Waals surface area (Å²) in [6, 6.07) is 11.6. The first-order valence-corrected chi connectivity index (χ1v) is 7.60. The molecule has 0 spiro atoms. The average Bonchev–Trinajstić information content (AvgIpc) is 2.82. The highest BCUT2D eigenvalue weighted by molar-refractivity contribution is 9.10. The number of ether oxygens (including phenoxy) is 1. The van der Waals surface area contributed by atoms with E-state index in [1.54, 1.807) is 6.07 Å². The molecular weight excluding hydrogens is 346 g/mol. The predicted octanol–water partition coefficient (Wildman–Crippen LogP) is 3.64. The van der Waals surface area contributed by atoms with Gasteiger partial charge in [-0.15, -0.1) is 0 Å². The molecule has 0 fully saturated rings. The number of aromatic nitrogens is 1. The van der Waals surface area contributed by atoms with Crippen molar-refractivity contribution in [3.63, 3.8) is 0 Å². The lowest BCUT2D eigenvalue weighted by molar-refractivity contribution is -0.128. The minimum absolute atomic E-state index is 0.00131. The molecule has 0 amide bonds. The Morgan fingerprint density at radius 3 is 2.82 bits per heavy atom. The lowest BCUT2D eigenvalue weighted by Crippen LogP contribution is -2.07. The molecular formula is C17H14BrNO3. The summed E-state index contributed by atoms with van der Waals surface area (Å²) in [6.45, 7) is 3.85. The number of fused-ring (bicyclic) bond motifs is 3. The maximum atomic E-state index is 11.6. The number of hydrogen-bond acceptors (Lipinski definition) is 3. The van der Waals surface area contributed by atoms with E-state index in [1.807, 2.05) is 34.9 Å². The second-order valence-corrected chi connectivity index (χ2v) is 5.73. The molecule has 3 aromatic rings. The van der Waals surface area contributed by atoms with Crippen LogP contribution < -0.4 is 4.74 Å². The Labute approximate surface area is 135 Å². The molecule has 0 bridgehead atoms. The summed E-state index contributed by atoms with van der Waals surface area (Å²) in [6.07, 6.45) is 1.13. The molecule has 0 saturated heterocycles. The monoisotopic (exact) mass is 359 g/mol. The van der Waals surface area contributed by atoms with Gasteiger partial charge in [0.2, 0.25) is 0 Å². The number of carbonyl (C=O) groups excluding carboxylic acids is 1. The molecule has 1 N–H and O–H groups in total. The van der Waals surface area contributed by atoms with Gasteiger partial charge in [0.05, 0.1) is 12.1 Å². The first-order valence-electron chi connectivity index (χ1n) is 6.81. The third-order valence-corrected chi connectivity index (χ3v) is 3.95. The van der Waals surface area contributed by atoms with E-state index in [9.17, 15) is 9.90 Å². The van der Waals surface area contributed by atoms with Gasteiger partial charge in [-0.05, 0) is 18.2 Å². The van der Waals surface area contributed by atoms with Crippen LogP contribution in [0.4, 0.5) is 0 Å². The highest BCUT2D eigenvalue weighted by atomic mass is 79.9. The average molecular weight is 360 g/mol. The van der Waals surface area contributed by atoms with Crippen LogP contribution in [0.1, 0.15) is 0 Å². The second-order valence-electron chi connectivity index (χ2n) is 4.82. The number of aliphatic hydroxyl groups excluding tert-OH is 1. The van der Waals surface area contributed by atoms with Gasteiger partial charge in [0.25, 0.3) is 0 Å². The van der Waals surface area contributed by atoms with Crippen molar-refractivity contribution in [1.82, 2.24) is 4.57 Å².